The molecule has 6 nitrogen and oxygen atoms in total. The first kappa shape index (κ1) is 25.3. The summed E-state index contributed by atoms with van der Waals surface area (Å²) >= 11 is 1.69. The van der Waals surface area contributed by atoms with Gasteiger partial charge in [-0.15, -0.1) is 11.3 Å². The molecular weight excluding hydrogens is 446 g/mol. The van der Waals surface area contributed by atoms with Crippen molar-refractivity contribution >= 4 is 29.0 Å². The summed E-state index contributed by atoms with van der Waals surface area (Å²) in [4.78, 5) is 32.3. The van der Waals surface area contributed by atoms with Crippen molar-refractivity contribution in [1.29, 1.82) is 0 Å². The van der Waals surface area contributed by atoms with Crippen LogP contribution in [0.2, 0.25) is 0 Å². The van der Waals surface area contributed by atoms with Crippen LogP contribution in [-0.2, 0) is 17.9 Å². The van der Waals surface area contributed by atoms with Gasteiger partial charge in [0.05, 0.1) is 13.7 Å². The number of carbonyl (C=O) groups is 2. The Balaban J connectivity index is 1.75. The van der Waals surface area contributed by atoms with Crippen molar-refractivity contribution < 1.29 is 14.3 Å². The molecule has 0 spiro atoms. The van der Waals surface area contributed by atoms with E-state index in [1.807, 2.05) is 49.1 Å². The van der Waals surface area contributed by atoms with Gasteiger partial charge in [0.1, 0.15) is 12.3 Å². The molecule has 0 saturated carbocycles. The predicted octanol–water partition coefficient (Wildman–Crippen LogP) is 5.78. The van der Waals surface area contributed by atoms with E-state index in [-0.39, 0.29) is 24.4 Å². The average molecular weight is 480 g/mol. The van der Waals surface area contributed by atoms with Gasteiger partial charge in [0.25, 0.3) is 0 Å². The summed E-state index contributed by atoms with van der Waals surface area (Å²) < 4.78 is 5.18. The van der Waals surface area contributed by atoms with E-state index in [1.165, 1.54) is 4.88 Å². The van der Waals surface area contributed by atoms with E-state index >= 15 is 0 Å². The average Bonchev–Trinajstić information content (AvgIpc) is 3.23. The van der Waals surface area contributed by atoms with E-state index in [0.717, 1.165) is 10.4 Å². The molecule has 1 N–H and O–H groups in total. The fourth-order valence-corrected chi connectivity index (χ4v) is 4.50. The number of anilines is 1. The van der Waals surface area contributed by atoms with Crippen molar-refractivity contribution in [2.75, 3.05) is 25.5 Å². The first-order valence-corrected chi connectivity index (χ1v) is 12.2. The van der Waals surface area contributed by atoms with Gasteiger partial charge in [0.2, 0.25) is 5.91 Å². The number of carbonyl (C=O) groups excluding carboxylic acids is 2. The second kappa shape index (κ2) is 12.2. The van der Waals surface area contributed by atoms with Crippen LogP contribution in [0, 0.1) is 12.8 Å². The lowest BCUT2D eigenvalue weighted by Gasteiger charge is -2.29. The largest absolute Gasteiger partial charge is 0.497 e. The molecule has 3 aromatic rings. The molecule has 0 unspecified atom stereocenters. The first-order valence-electron chi connectivity index (χ1n) is 11.4. The maximum atomic E-state index is 13.5. The highest BCUT2D eigenvalue weighted by Crippen LogP contribution is 2.20. The van der Waals surface area contributed by atoms with Gasteiger partial charge in [-0.25, -0.2) is 4.79 Å². The minimum Gasteiger partial charge on any atom is -0.497 e. The smallest absolute Gasteiger partial charge is 0.322 e. The van der Waals surface area contributed by atoms with Gasteiger partial charge in [0.15, 0.2) is 0 Å². The van der Waals surface area contributed by atoms with Crippen LogP contribution in [-0.4, -0.2) is 41.9 Å². The second-order valence-electron chi connectivity index (χ2n) is 8.68. The van der Waals surface area contributed by atoms with Gasteiger partial charge < -0.3 is 19.9 Å². The number of methoxy groups -OCH3 is 1. The van der Waals surface area contributed by atoms with Crippen LogP contribution in [0.3, 0.4) is 0 Å². The monoisotopic (exact) mass is 479 g/mol. The van der Waals surface area contributed by atoms with Gasteiger partial charge in [-0.2, -0.15) is 0 Å². The molecule has 3 amide bonds. The number of thiophene rings is 1. The van der Waals surface area contributed by atoms with Crippen LogP contribution >= 0.6 is 11.3 Å². The number of amides is 3. The molecule has 0 saturated heterocycles. The van der Waals surface area contributed by atoms with E-state index in [2.05, 4.69) is 24.4 Å². The highest BCUT2D eigenvalue weighted by molar-refractivity contribution is 7.11. The van der Waals surface area contributed by atoms with Gasteiger partial charge in [-0.05, 0) is 54.8 Å². The van der Waals surface area contributed by atoms with Gasteiger partial charge >= 0.3 is 6.03 Å². The van der Waals surface area contributed by atoms with Gasteiger partial charge in [-0.1, -0.05) is 44.2 Å². The second-order valence-corrected chi connectivity index (χ2v) is 10.1. The summed E-state index contributed by atoms with van der Waals surface area (Å²) in [5.41, 5.74) is 1.71. The number of rotatable bonds is 10. The Morgan fingerprint density at radius 1 is 0.941 bits per heavy atom. The number of nitrogens with zero attached hydrogens (tertiary/aromatic N) is 2. The maximum Gasteiger partial charge on any atom is 0.322 e. The molecule has 0 aliphatic heterocycles. The lowest BCUT2D eigenvalue weighted by atomic mass is 10.2. The molecule has 180 valence electrons. The SMILES string of the molecule is COc1ccc(NC(=O)N(CC(=O)N(Cc2ccccc2)Cc2ccc(C)s2)CC(C)C)cc1. The number of hydrogen-bond donors (Lipinski definition) is 1. The van der Waals surface area contributed by atoms with Crippen molar-refractivity contribution in [3.63, 3.8) is 0 Å². The Morgan fingerprint density at radius 3 is 2.24 bits per heavy atom. The molecule has 0 aliphatic carbocycles. The van der Waals surface area contributed by atoms with E-state index in [4.69, 9.17) is 4.74 Å². The first-order chi connectivity index (χ1) is 16.3. The standard InChI is InChI=1S/C27H33N3O3S/c1-20(2)16-30(27(32)28-23-11-13-24(33-4)14-12-23)19-26(31)29(17-22-8-6-5-7-9-22)18-25-15-10-21(3)34-25/h5-15,20H,16-19H2,1-4H3,(H,28,32). The normalized spacial score (nSPS) is 10.7. The van der Waals surface area contributed by atoms with E-state index in [9.17, 15) is 9.59 Å². The molecule has 1 aromatic heterocycles. The summed E-state index contributed by atoms with van der Waals surface area (Å²) in [7, 11) is 1.60. The molecule has 1 heterocycles. The van der Waals surface area contributed by atoms with Crippen molar-refractivity contribution in [3.05, 3.63) is 82.0 Å². The minimum atomic E-state index is -0.293. The molecule has 2 aromatic carbocycles. The highest BCUT2D eigenvalue weighted by Gasteiger charge is 2.23. The van der Waals surface area contributed by atoms with Gasteiger partial charge in [-0.3, -0.25) is 4.79 Å². The molecule has 34 heavy (non-hydrogen) atoms. The lowest BCUT2D eigenvalue weighted by Crippen LogP contribution is -2.45. The fourth-order valence-electron chi connectivity index (χ4n) is 3.59. The quantitative estimate of drug-likeness (QED) is 0.401. The number of urea groups is 1. The Bertz CT molecular complexity index is 1060. The Morgan fingerprint density at radius 2 is 1.65 bits per heavy atom. The number of aryl methyl sites for hydroxylation is 1. The minimum absolute atomic E-state index is 0.0113. The summed E-state index contributed by atoms with van der Waals surface area (Å²) in [6, 6.07) is 20.9. The van der Waals surface area contributed by atoms with Crippen molar-refractivity contribution in [1.82, 2.24) is 9.80 Å². The van der Waals surface area contributed by atoms with Crippen molar-refractivity contribution in [2.45, 2.75) is 33.9 Å². The van der Waals surface area contributed by atoms with E-state index in [1.54, 1.807) is 47.6 Å². The van der Waals surface area contributed by atoms with Crippen molar-refractivity contribution in [2.24, 2.45) is 5.92 Å². The van der Waals surface area contributed by atoms with E-state index in [0.29, 0.717) is 31.1 Å². The summed E-state index contributed by atoms with van der Waals surface area (Å²) in [6.45, 7) is 7.63. The van der Waals surface area contributed by atoms with Crippen LogP contribution in [0.25, 0.3) is 0 Å². The molecule has 0 fully saturated rings. The molecule has 3 rings (SSSR count). The maximum absolute atomic E-state index is 13.5. The zero-order valence-electron chi connectivity index (χ0n) is 20.3. The summed E-state index contributed by atoms with van der Waals surface area (Å²) in [6.07, 6.45) is 0. The number of hydrogen-bond acceptors (Lipinski definition) is 4. The summed E-state index contributed by atoms with van der Waals surface area (Å²) in [5, 5.41) is 2.91. The third-order valence-corrected chi connectivity index (χ3v) is 6.24. The number of benzene rings is 2. The fraction of sp³-hybridized carbons (Fsp3) is 0.333. The zero-order chi connectivity index (χ0) is 24.5. The Hall–Kier alpha value is -3.32. The number of ether oxygens (including phenoxy) is 1. The van der Waals surface area contributed by atoms with Crippen LogP contribution in [0.5, 0.6) is 5.75 Å². The van der Waals surface area contributed by atoms with Crippen LogP contribution in [0.4, 0.5) is 10.5 Å². The highest BCUT2D eigenvalue weighted by atomic mass is 32.1. The van der Waals surface area contributed by atoms with Crippen molar-refractivity contribution in [3.8, 4) is 5.75 Å². The molecule has 7 heteroatoms. The summed E-state index contributed by atoms with van der Waals surface area (Å²) in [5.74, 6) is 0.852. The molecule has 0 atom stereocenters. The third-order valence-electron chi connectivity index (χ3n) is 5.25. The molecule has 0 radical (unpaired) electrons. The Kier molecular flexibility index (Phi) is 9.10. The van der Waals surface area contributed by atoms with Crippen LogP contribution in [0.15, 0.2) is 66.7 Å². The van der Waals surface area contributed by atoms with Crippen LogP contribution in [0.1, 0.15) is 29.2 Å². The molecule has 0 aliphatic rings. The zero-order valence-corrected chi connectivity index (χ0v) is 21.1. The predicted molar refractivity (Wildman–Crippen MR) is 138 cm³/mol. The molecule has 0 bridgehead atoms. The third kappa shape index (κ3) is 7.63. The Labute approximate surface area is 206 Å². The van der Waals surface area contributed by atoms with Gasteiger partial charge in [0, 0.05) is 28.5 Å². The van der Waals surface area contributed by atoms with E-state index < -0.39 is 0 Å². The lowest BCUT2D eigenvalue weighted by molar-refractivity contribution is -0.133. The van der Waals surface area contributed by atoms with Crippen LogP contribution < -0.4 is 10.1 Å². The number of nitrogens with one attached hydrogen (secondary N) is 1. The molecular formula is C27H33N3O3S. The topological polar surface area (TPSA) is 61.9 Å².